The lowest BCUT2D eigenvalue weighted by atomic mass is 10.1. The number of rotatable bonds is 6. The van der Waals surface area contributed by atoms with Gasteiger partial charge in [-0.05, 0) is 17.5 Å². The molecule has 0 saturated carbocycles. The van der Waals surface area contributed by atoms with Crippen molar-refractivity contribution in [2.75, 3.05) is 11.1 Å². The molecule has 0 aliphatic carbocycles. The second-order valence-electron chi connectivity index (χ2n) is 4.91. The largest absolute Gasteiger partial charge is 0.394 e. The highest BCUT2D eigenvalue weighted by Gasteiger charge is 2.12. The number of nitrogens with two attached hydrogens (primary N) is 1. The number of anilines is 2. The number of hydrogen-bond donors (Lipinski definition) is 3. The fourth-order valence-electron chi connectivity index (χ4n) is 2.25. The normalized spacial score (nSPS) is 10.8. The first-order valence-corrected chi connectivity index (χ1v) is 6.89. The zero-order chi connectivity index (χ0) is 14.5. The highest BCUT2D eigenvalue weighted by Crippen LogP contribution is 2.23. The van der Waals surface area contributed by atoms with E-state index in [0.29, 0.717) is 6.54 Å². The maximum atomic E-state index is 9.14. The van der Waals surface area contributed by atoms with Crippen molar-refractivity contribution in [3.8, 4) is 0 Å². The summed E-state index contributed by atoms with van der Waals surface area (Å²) in [4.78, 5) is 0. The van der Waals surface area contributed by atoms with Gasteiger partial charge < -0.3 is 16.2 Å². The van der Waals surface area contributed by atoms with Crippen LogP contribution in [0, 0.1) is 0 Å². The lowest BCUT2D eigenvalue weighted by molar-refractivity contribution is 0.281. The molecule has 0 bridgehead atoms. The Hall–Kier alpha value is -2.01. The van der Waals surface area contributed by atoms with E-state index in [1.54, 1.807) is 4.68 Å². The van der Waals surface area contributed by atoms with Gasteiger partial charge in [-0.1, -0.05) is 37.6 Å². The minimum atomic E-state index is 0.0579. The Bertz CT molecular complexity index is 577. The van der Waals surface area contributed by atoms with Gasteiger partial charge in [-0.2, -0.15) is 5.10 Å². The van der Waals surface area contributed by atoms with Crippen LogP contribution in [0.15, 0.2) is 24.3 Å². The summed E-state index contributed by atoms with van der Waals surface area (Å²) in [6.07, 6.45) is 1.92. The van der Waals surface area contributed by atoms with Gasteiger partial charge in [0.05, 0.1) is 18.0 Å². The molecule has 0 aliphatic rings. The second-order valence-corrected chi connectivity index (χ2v) is 4.91. The molecule has 0 radical (unpaired) electrons. The van der Waals surface area contributed by atoms with E-state index in [-0.39, 0.29) is 6.61 Å². The molecule has 0 fully saturated rings. The molecule has 5 nitrogen and oxygen atoms in total. The lowest BCUT2D eigenvalue weighted by Gasteiger charge is -2.08. The maximum Gasteiger partial charge on any atom is 0.148 e. The van der Waals surface area contributed by atoms with Crippen LogP contribution in [0.1, 0.15) is 30.2 Å². The molecule has 2 aromatic rings. The van der Waals surface area contributed by atoms with Gasteiger partial charge in [-0.25, -0.2) is 0 Å². The Balaban J connectivity index is 2.10. The summed E-state index contributed by atoms with van der Waals surface area (Å²) in [5.41, 5.74) is 9.82. The molecule has 0 unspecified atom stereocenters. The van der Waals surface area contributed by atoms with Crippen molar-refractivity contribution < 1.29 is 5.11 Å². The van der Waals surface area contributed by atoms with Crippen LogP contribution in [0.25, 0.3) is 0 Å². The molecule has 0 aliphatic heterocycles. The smallest absolute Gasteiger partial charge is 0.148 e. The van der Waals surface area contributed by atoms with Crippen LogP contribution in [0.2, 0.25) is 0 Å². The van der Waals surface area contributed by atoms with Gasteiger partial charge in [-0.15, -0.1) is 0 Å². The molecule has 1 heterocycles. The number of aromatic nitrogens is 2. The van der Waals surface area contributed by atoms with Gasteiger partial charge in [0, 0.05) is 13.6 Å². The summed E-state index contributed by atoms with van der Waals surface area (Å²) in [7, 11) is 1.89. The molecule has 20 heavy (non-hydrogen) atoms. The van der Waals surface area contributed by atoms with E-state index in [2.05, 4.69) is 17.3 Å². The van der Waals surface area contributed by atoms with Crippen LogP contribution >= 0.6 is 0 Å². The summed E-state index contributed by atoms with van der Waals surface area (Å²) >= 11 is 0. The number of benzene rings is 1. The van der Waals surface area contributed by atoms with E-state index in [0.717, 1.165) is 41.2 Å². The van der Waals surface area contributed by atoms with Crippen molar-refractivity contribution in [3.63, 3.8) is 0 Å². The van der Waals surface area contributed by atoms with Crippen LogP contribution in [-0.4, -0.2) is 14.9 Å². The molecule has 1 aromatic heterocycles. The van der Waals surface area contributed by atoms with E-state index in [1.807, 2.05) is 31.3 Å². The molecule has 4 N–H and O–H groups in total. The SMILES string of the molecule is CCCc1nn(C)c(NCc2cccc(CO)c2)c1N. The van der Waals surface area contributed by atoms with Crippen LogP contribution in [0.4, 0.5) is 11.5 Å². The van der Waals surface area contributed by atoms with Gasteiger partial charge in [-0.3, -0.25) is 4.68 Å². The maximum absolute atomic E-state index is 9.14. The topological polar surface area (TPSA) is 76.1 Å². The number of nitrogens with one attached hydrogen (secondary N) is 1. The third kappa shape index (κ3) is 3.11. The van der Waals surface area contributed by atoms with Crippen LogP contribution in [-0.2, 0) is 26.6 Å². The number of hydrogen-bond acceptors (Lipinski definition) is 4. The molecule has 108 valence electrons. The number of aliphatic hydroxyl groups is 1. The first kappa shape index (κ1) is 14.4. The highest BCUT2D eigenvalue weighted by atomic mass is 16.3. The molecule has 0 atom stereocenters. The molecular weight excluding hydrogens is 252 g/mol. The van der Waals surface area contributed by atoms with Crippen molar-refractivity contribution in [2.24, 2.45) is 7.05 Å². The first-order chi connectivity index (χ1) is 9.65. The molecule has 0 spiro atoms. The predicted octanol–water partition coefficient (Wildman–Crippen LogP) is 2.06. The molecule has 2 rings (SSSR count). The van der Waals surface area contributed by atoms with Gasteiger partial charge in [0.2, 0.25) is 0 Å². The number of aryl methyl sites for hydroxylation is 2. The van der Waals surface area contributed by atoms with Gasteiger partial charge in [0.1, 0.15) is 5.82 Å². The van der Waals surface area contributed by atoms with Crippen molar-refractivity contribution in [2.45, 2.75) is 32.9 Å². The van der Waals surface area contributed by atoms with E-state index in [1.165, 1.54) is 0 Å². The van der Waals surface area contributed by atoms with E-state index in [4.69, 9.17) is 10.8 Å². The Morgan fingerprint density at radius 1 is 1.35 bits per heavy atom. The van der Waals surface area contributed by atoms with Crippen molar-refractivity contribution >= 4 is 11.5 Å². The molecule has 0 amide bonds. The Morgan fingerprint density at radius 2 is 2.10 bits per heavy atom. The summed E-state index contributed by atoms with van der Waals surface area (Å²) in [6.45, 7) is 2.83. The standard InChI is InChI=1S/C15H22N4O/c1-3-5-13-14(16)15(19(2)18-13)17-9-11-6-4-7-12(8-11)10-20/h4,6-8,17,20H,3,5,9-10,16H2,1-2H3. The Morgan fingerprint density at radius 3 is 2.80 bits per heavy atom. The van der Waals surface area contributed by atoms with Gasteiger partial charge >= 0.3 is 0 Å². The summed E-state index contributed by atoms with van der Waals surface area (Å²) in [5, 5.41) is 16.9. The fourth-order valence-corrected chi connectivity index (χ4v) is 2.25. The van der Waals surface area contributed by atoms with Gasteiger partial charge in [0.15, 0.2) is 0 Å². The summed E-state index contributed by atoms with van der Waals surface area (Å²) in [5.74, 6) is 0.850. The molecule has 1 aromatic carbocycles. The third-order valence-corrected chi connectivity index (χ3v) is 3.28. The molecule has 5 heteroatoms. The fraction of sp³-hybridized carbons (Fsp3) is 0.400. The lowest BCUT2D eigenvalue weighted by Crippen LogP contribution is -2.06. The van der Waals surface area contributed by atoms with E-state index < -0.39 is 0 Å². The van der Waals surface area contributed by atoms with Crippen molar-refractivity contribution in [1.82, 2.24) is 9.78 Å². The van der Waals surface area contributed by atoms with E-state index in [9.17, 15) is 0 Å². The summed E-state index contributed by atoms with van der Waals surface area (Å²) < 4.78 is 1.79. The van der Waals surface area contributed by atoms with Crippen molar-refractivity contribution in [1.29, 1.82) is 0 Å². The van der Waals surface area contributed by atoms with Gasteiger partial charge in [0.25, 0.3) is 0 Å². The zero-order valence-electron chi connectivity index (χ0n) is 12.1. The number of nitrogens with zero attached hydrogens (tertiary/aromatic N) is 2. The Kier molecular flexibility index (Phi) is 4.63. The van der Waals surface area contributed by atoms with Crippen LogP contribution < -0.4 is 11.1 Å². The summed E-state index contributed by atoms with van der Waals surface area (Å²) in [6, 6.07) is 7.84. The average Bonchev–Trinajstić information content (AvgIpc) is 2.72. The molecular formula is C15H22N4O. The van der Waals surface area contributed by atoms with Crippen molar-refractivity contribution in [3.05, 3.63) is 41.1 Å². The second kappa shape index (κ2) is 6.43. The third-order valence-electron chi connectivity index (χ3n) is 3.28. The minimum Gasteiger partial charge on any atom is -0.394 e. The van der Waals surface area contributed by atoms with E-state index >= 15 is 0 Å². The number of aliphatic hydroxyl groups excluding tert-OH is 1. The molecule has 0 saturated heterocycles. The average molecular weight is 274 g/mol. The highest BCUT2D eigenvalue weighted by molar-refractivity contribution is 5.65. The Labute approximate surface area is 119 Å². The van der Waals surface area contributed by atoms with Crippen LogP contribution in [0.5, 0.6) is 0 Å². The predicted molar refractivity (Wildman–Crippen MR) is 81.3 cm³/mol. The number of nitrogen functional groups attached to an aromatic ring is 1. The zero-order valence-corrected chi connectivity index (χ0v) is 12.1. The monoisotopic (exact) mass is 274 g/mol. The minimum absolute atomic E-state index is 0.0579. The first-order valence-electron chi connectivity index (χ1n) is 6.89. The van der Waals surface area contributed by atoms with Crippen LogP contribution in [0.3, 0.4) is 0 Å². The quantitative estimate of drug-likeness (QED) is 0.753.